The smallest absolute Gasteiger partial charge is 0.262 e. The molecule has 2 unspecified atom stereocenters. The van der Waals surface area contributed by atoms with Crippen molar-refractivity contribution in [2.45, 2.75) is 31.1 Å². The summed E-state index contributed by atoms with van der Waals surface area (Å²) in [6.45, 7) is 2.38. The second kappa shape index (κ2) is 5.33. The van der Waals surface area contributed by atoms with Gasteiger partial charge in [0, 0.05) is 17.0 Å². The first-order valence-corrected chi connectivity index (χ1v) is 7.72. The third kappa shape index (κ3) is 2.81. The summed E-state index contributed by atoms with van der Waals surface area (Å²) in [7, 11) is 0. The van der Waals surface area contributed by atoms with Gasteiger partial charge in [-0.2, -0.15) is 11.8 Å². The average Bonchev–Trinajstić information content (AvgIpc) is 2.41. The number of hydrogen-bond donors (Lipinski definition) is 2. The minimum absolute atomic E-state index is 0.0914. The quantitative estimate of drug-likeness (QED) is 0.873. The minimum atomic E-state index is -0.0914. The Bertz CT molecular complexity index is 492. The summed E-state index contributed by atoms with van der Waals surface area (Å²) in [5.74, 6) is 1.91. The molecule has 0 radical (unpaired) electrons. The van der Waals surface area contributed by atoms with E-state index in [1.165, 1.54) is 18.6 Å². The first-order chi connectivity index (χ1) is 9.22. The standard InChI is InChI=1S/C14H18N2O2S/c1-9-11(3-2-6-19-9)15-10-4-5-13-12(7-10)16-14(17)8-18-13/h4-5,7,9,11,15H,2-3,6,8H2,1H3,(H,16,17). The summed E-state index contributed by atoms with van der Waals surface area (Å²) in [5.41, 5.74) is 1.81. The summed E-state index contributed by atoms with van der Waals surface area (Å²) in [4.78, 5) is 11.3. The van der Waals surface area contributed by atoms with Gasteiger partial charge in [-0.15, -0.1) is 0 Å². The van der Waals surface area contributed by atoms with Gasteiger partial charge in [-0.25, -0.2) is 0 Å². The lowest BCUT2D eigenvalue weighted by molar-refractivity contribution is -0.118. The van der Waals surface area contributed by atoms with Crippen LogP contribution in [0.15, 0.2) is 18.2 Å². The predicted molar refractivity (Wildman–Crippen MR) is 79.1 cm³/mol. The lowest BCUT2D eigenvalue weighted by Crippen LogP contribution is -2.33. The number of carbonyl (C=O) groups excluding carboxylic acids is 1. The van der Waals surface area contributed by atoms with Gasteiger partial charge in [0.2, 0.25) is 0 Å². The highest BCUT2D eigenvalue weighted by molar-refractivity contribution is 8.00. The van der Waals surface area contributed by atoms with Crippen molar-refractivity contribution in [1.29, 1.82) is 0 Å². The summed E-state index contributed by atoms with van der Waals surface area (Å²) in [6, 6.07) is 6.38. The van der Waals surface area contributed by atoms with Crippen LogP contribution in [-0.2, 0) is 4.79 Å². The molecule has 2 N–H and O–H groups in total. The van der Waals surface area contributed by atoms with Gasteiger partial charge < -0.3 is 15.4 Å². The van der Waals surface area contributed by atoms with Crippen LogP contribution in [0.4, 0.5) is 11.4 Å². The van der Waals surface area contributed by atoms with E-state index in [2.05, 4.69) is 17.6 Å². The molecule has 1 aromatic carbocycles. The Hall–Kier alpha value is -1.36. The average molecular weight is 278 g/mol. The molecule has 3 rings (SSSR count). The van der Waals surface area contributed by atoms with Gasteiger partial charge in [0.25, 0.3) is 5.91 Å². The van der Waals surface area contributed by atoms with E-state index in [9.17, 15) is 4.79 Å². The molecule has 19 heavy (non-hydrogen) atoms. The van der Waals surface area contributed by atoms with Gasteiger partial charge in [-0.1, -0.05) is 6.92 Å². The second-order valence-electron chi connectivity index (χ2n) is 5.02. The van der Waals surface area contributed by atoms with Crippen LogP contribution in [0.25, 0.3) is 0 Å². The molecule has 5 heteroatoms. The van der Waals surface area contributed by atoms with E-state index in [1.54, 1.807) is 0 Å². The maximum absolute atomic E-state index is 11.3. The van der Waals surface area contributed by atoms with Crippen molar-refractivity contribution in [2.75, 3.05) is 23.0 Å². The highest BCUT2D eigenvalue weighted by Gasteiger charge is 2.22. The fourth-order valence-electron chi connectivity index (χ4n) is 2.50. The summed E-state index contributed by atoms with van der Waals surface area (Å²) in [6.07, 6.45) is 2.46. The number of carbonyl (C=O) groups is 1. The molecule has 1 fully saturated rings. The maximum atomic E-state index is 11.3. The van der Waals surface area contributed by atoms with Crippen LogP contribution in [0, 0.1) is 0 Å². The SMILES string of the molecule is CC1SCCCC1Nc1ccc2c(c1)NC(=O)CO2. The minimum Gasteiger partial charge on any atom is -0.482 e. The Morgan fingerprint density at radius 3 is 3.21 bits per heavy atom. The van der Waals surface area contributed by atoms with E-state index in [4.69, 9.17) is 4.74 Å². The third-order valence-corrected chi connectivity index (χ3v) is 4.95. The summed E-state index contributed by atoms with van der Waals surface area (Å²) in [5, 5.41) is 7.03. The number of ether oxygens (including phenoxy) is 1. The number of thioether (sulfide) groups is 1. The van der Waals surface area contributed by atoms with Gasteiger partial charge in [0.05, 0.1) is 5.69 Å². The normalized spacial score (nSPS) is 26.1. The zero-order valence-corrected chi connectivity index (χ0v) is 11.8. The van der Waals surface area contributed by atoms with E-state index >= 15 is 0 Å². The number of anilines is 2. The zero-order chi connectivity index (χ0) is 13.2. The number of rotatable bonds is 2. The molecule has 2 atom stereocenters. The molecule has 0 aliphatic carbocycles. The summed E-state index contributed by atoms with van der Waals surface area (Å²) < 4.78 is 5.36. The lowest BCUT2D eigenvalue weighted by Gasteiger charge is -2.30. The number of amides is 1. The van der Waals surface area contributed by atoms with Crippen molar-refractivity contribution in [2.24, 2.45) is 0 Å². The number of fused-ring (bicyclic) bond motifs is 1. The Morgan fingerprint density at radius 2 is 2.37 bits per heavy atom. The van der Waals surface area contributed by atoms with Crippen LogP contribution in [0.3, 0.4) is 0 Å². The van der Waals surface area contributed by atoms with Crippen LogP contribution >= 0.6 is 11.8 Å². The van der Waals surface area contributed by atoms with Crippen LogP contribution in [0.2, 0.25) is 0 Å². The Morgan fingerprint density at radius 1 is 1.47 bits per heavy atom. The van der Waals surface area contributed by atoms with Gasteiger partial charge >= 0.3 is 0 Å². The van der Waals surface area contributed by atoms with Crippen molar-refractivity contribution < 1.29 is 9.53 Å². The molecule has 0 saturated carbocycles. The van der Waals surface area contributed by atoms with Crippen molar-refractivity contribution in [3.8, 4) is 5.75 Å². The van der Waals surface area contributed by atoms with Gasteiger partial charge in [-0.05, 0) is 36.8 Å². The molecule has 1 saturated heterocycles. The molecule has 4 nitrogen and oxygen atoms in total. The van der Waals surface area contributed by atoms with Crippen molar-refractivity contribution >= 4 is 29.0 Å². The molecule has 0 bridgehead atoms. The number of hydrogen-bond acceptors (Lipinski definition) is 4. The fourth-order valence-corrected chi connectivity index (χ4v) is 3.64. The molecular weight excluding hydrogens is 260 g/mol. The van der Waals surface area contributed by atoms with Crippen molar-refractivity contribution in [3.63, 3.8) is 0 Å². The first kappa shape index (κ1) is 12.7. The summed E-state index contributed by atoms with van der Waals surface area (Å²) >= 11 is 2.02. The van der Waals surface area contributed by atoms with Crippen LogP contribution < -0.4 is 15.4 Å². The zero-order valence-electron chi connectivity index (χ0n) is 10.9. The van der Waals surface area contributed by atoms with Crippen LogP contribution in [-0.4, -0.2) is 29.6 Å². The maximum Gasteiger partial charge on any atom is 0.262 e. The predicted octanol–water partition coefficient (Wildman–Crippen LogP) is 2.71. The fraction of sp³-hybridized carbons (Fsp3) is 0.500. The van der Waals surface area contributed by atoms with Crippen LogP contribution in [0.5, 0.6) is 5.75 Å². The van der Waals surface area contributed by atoms with E-state index in [0.29, 0.717) is 11.3 Å². The molecule has 2 heterocycles. The van der Waals surface area contributed by atoms with Gasteiger partial charge in [0.15, 0.2) is 6.61 Å². The molecule has 0 aromatic heterocycles. The van der Waals surface area contributed by atoms with E-state index in [1.807, 2.05) is 30.0 Å². The number of nitrogens with one attached hydrogen (secondary N) is 2. The van der Waals surface area contributed by atoms with E-state index in [-0.39, 0.29) is 12.5 Å². The third-order valence-electron chi connectivity index (χ3n) is 3.57. The van der Waals surface area contributed by atoms with E-state index in [0.717, 1.165) is 17.1 Å². The van der Waals surface area contributed by atoms with Crippen molar-refractivity contribution in [3.05, 3.63) is 18.2 Å². The highest BCUT2D eigenvalue weighted by Crippen LogP contribution is 2.33. The Kier molecular flexibility index (Phi) is 3.55. The first-order valence-electron chi connectivity index (χ1n) is 6.67. The highest BCUT2D eigenvalue weighted by atomic mass is 32.2. The van der Waals surface area contributed by atoms with Crippen LogP contribution in [0.1, 0.15) is 19.8 Å². The Balaban J connectivity index is 1.74. The molecule has 0 spiro atoms. The second-order valence-corrected chi connectivity index (χ2v) is 6.50. The molecule has 2 aliphatic rings. The lowest BCUT2D eigenvalue weighted by atomic mass is 10.1. The Labute approximate surface area is 117 Å². The monoisotopic (exact) mass is 278 g/mol. The molecular formula is C14H18N2O2S. The molecule has 1 aromatic rings. The topological polar surface area (TPSA) is 50.4 Å². The van der Waals surface area contributed by atoms with Gasteiger partial charge in [-0.3, -0.25) is 4.79 Å². The molecule has 102 valence electrons. The largest absolute Gasteiger partial charge is 0.482 e. The number of benzene rings is 1. The molecule has 1 amide bonds. The molecule has 2 aliphatic heterocycles. The van der Waals surface area contributed by atoms with E-state index < -0.39 is 0 Å². The van der Waals surface area contributed by atoms with Crippen molar-refractivity contribution in [1.82, 2.24) is 0 Å². The van der Waals surface area contributed by atoms with Gasteiger partial charge in [0.1, 0.15) is 5.75 Å².